The normalized spacial score (nSPS) is 12.2. The number of ether oxygens (including phenoxy) is 1. The van der Waals surface area contributed by atoms with Gasteiger partial charge in [-0.2, -0.15) is 5.10 Å². The summed E-state index contributed by atoms with van der Waals surface area (Å²) < 4.78 is 5.31. The van der Waals surface area contributed by atoms with Crippen LogP contribution in [0.3, 0.4) is 0 Å². The molecule has 24 heavy (non-hydrogen) atoms. The number of aromatic nitrogens is 2. The number of rotatable bonds is 8. The van der Waals surface area contributed by atoms with Gasteiger partial charge in [-0.05, 0) is 24.1 Å². The topological polar surface area (TPSA) is 87.2 Å². The summed E-state index contributed by atoms with van der Waals surface area (Å²) in [5, 5.41) is 19.8. The number of aliphatic hydroxyl groups excluding tert-OH is 1. The molecule has 0 saturated carbocycles. The fourth-order valence-corrected chi connectivity index (χ4v) is 2.72. The summed E-state index contributed by atoms with van der Waals surface area (Å²) in [4.78, 5) is 12.2. The minimum absolute atomic E-state index is 0.191. The summed E-state index contributed by atoms with van der Waals surface area (Å²) in [5.74, 6) is 0.602. The smallest absolute Gasteiger partial charge is 0.269 e. The summed E-state index contributed by atoms with van der Waals surface area (Å²) in [6.07, 6.45) is 1.23. The quantitative estimate of drug-likeness (QED) is 0.694. The first kappa shape index (κ1) is 18.0. The van der Waals surface area contributed by atoms with E-state index in [0.29, 0.717) is 17.1 Å². The van der Waals surface area contributed by atoms with Crippen molar-refractivity contribution < 1.29 is 14.6 Å². The van der Waals surface area contributed by atoms with Crippen LogP contribution in [0.2, 0.25) is 0 Å². The van der Waals surface area contributed by atoms with Crippen LogP contribution in [0.5, 0.6) is 5.75 Å². The molecule has 1 atom stereocenters. The van der Waals surface area contributed by atoms with Crippen molar-refractivity contribution in [3.63, 3.8) is 0 Å². The molecule has 130 valence electrons. The van der Waals surface area contributed by atoms with E-state index in [-0.39, 0.29) is 18.4 Å². The molecular weight excluding hydrogens is 306 g/mol. The van der Waals surface area contributed by atoms with Gasteiger partial charge in [0.2, 0.25) is 0 Å². The van der Waals surface area contributed by atoms with Crippen molar-refractivity contribution in [3.8, 4) is 17.0 Å². The van der Waals surface area contributed by atoms with E-state index in [1.165, 1.54) is 0 Å². The van der Waals surface area contributed by atoms with Gasteiger partial charge in [-0.25, -0.2) is 0 Å². The van der Waals surface area contributed by atoms with Crippen LogP contribution in [0, 0.1) is 5.92 Å². The third-order valence-corrected chi connectivity index (χ3v) is 4.27. The molecule has 0 aliphatic carbocycles. The number of H-pyrrole nitrogens is 1. The number of nitrogens with zero attached hydrogens (tertiary/aromatic N) is 1. The maximum atomic E-state index is 12.2. The molecule has 0 bridgehead atoms. The SMILES string of the molecule is CCC(CC)C(O)CNC(=O)c1cc(-c2ccccc2OC)n[nH]1. The number of benzene rings is 1. The molecule has 0 aliphatic heterocycles. The van der Waals surface area contributed by atoms with E-state index in [9.17, 15) is 9.90 Å². The molecule has 2 aromatic rings. The van der Waals surface area contributed by atoms with Crippen LogP contribution in [0.25, 0.3) is 11.3 Å². The van der Waals surface area contributed by atoms with E-state index in [4.69, 9.17) is 4.74 Å². The molecule has 1 amide bonds. The zero-order valence-electron chi connectivity index (χ0n) is 14.4. The van der Waals surface area contributed by atoms with Gasteiger partial charge in [-0.3, -0.25) is 9.89 Å². The standard InChI is InChI=1S/C18H25N3O3/c1-4-12(5-2)16(22)11-19-18(23)15-10-14(20-21-15)13-8-6-7-9-17(13)24-3/h6-10,12,16,22H,4-5,11H2,1-3H3,(H,19,23)(H,20,21). The van der Waals surface area contributed by atoms with E-state index < -0.39 is 6.10 Å². The number of aliphatic hydroxyl groups is 1. The van der Waals surface area contributed by atoms with E-state index in [0.717, 1.165) is 18.4 Å². The van der Waals surface area contributed by atoms with Crippen LogP contribution in [0.15, 0.2) is 30.3 Å². The van der Waals surface area contributed by atoms with Crippen molar-refractivity contribution in [3.05, 3.63) is 36.0 Å². The Balaban J connectivity index is 2.03. The first-order chi connectivity index (χ1) is 11.6. The first-order valence-electron chi connectivity index (χ1n) is 8.25. The molecule has 0 spiro atoms. The Morgan fingerprint density at radius 1 is 1.33 bits per heavy atom. The predicted molar refractivity (Wildman–Crippen MR) is 93.0 cm³/mol. The van der Waals surface area contributed by atoms with Crippen LogP contribution in [0.4, 0.5) is 0 Å². The molecule has 0 radical (unpaired) electrons. The van der Waals surface area contributed by atoms with Gasteiger partial charge in [0.1, 0.15) is 11.4 Å². The summed E-state index contributed by atoms with van der Waals surface area (Å²) in [7, 11) is 1.60. The number of amides is 1. The molecule has 2 rings (SSSR count). The number of nitrogens with one attached hydrogen (secondary N) is 2. The maximum Gasteiger partial charge on any atom is 0.269 e. The molecular formula is C18H25N3O3. The Kier molecular flexibility index (Phi) is 6.37. The lowest BCUT2D eigenvalue weighted by molar-refractivity contribution is 0.0813. The molecule has 0 saturated heterocycles. The fourth-order valence-electron chi connectivity index (χ4n) is 2.72. The highest BCUT2D eigenvalue weighted by atomic mass is 16.5. The van der Waals surface area contributed by atoms with Crippen LogP contribution in [0.1, 0.15) is 37.2 Å². The lowest BCUT2D eigenvalue weighted by Gasteiger charge is -2.20. The lowest BCUT2D eigenvalue weighted by atomic mass is 9.96. The van der Waals surface area contributed by atoms with Gasteiger partial charge in [0.05, 0.1) is 18.9 Å². The number of hydrogen-bond donors (Lipinski definition) is 3. The molecule has 3 N–H and O–H groups in total. The second kappa shape index (κ2) is 8.49. The van der Waals surface area contributed by atoms with E-state index in [2.05, 4.69) is 15.5 Å². The van der Waals surface area contributed by atoms with Crippen molar-refractivity contribution >= 4 is 5.91 Å². The minimum Gasteiger partial charge on any atom is -0.496 e. The monoisotopic (exact) mass is 331 g/mol. The summed E-state index contributed by atoms with van der Waals surface area (Å²) in [5.41, 5.74) is 1.80. The second-order valence-electron chi connectivity index (χ2n) is 5.72. The largest absolute Gasteiger partial charge is 0.496 e. The number of para-hydroxylation sites is 1. The zero-order chi connectivity index (χ0) is 17.5. The number of carbonyl (C=O) groups is 1. The Hall–Kier alpha value is -2.34. The van der Waals surface area contributed by atoms with Gasteiger partial charge in [0.25, 0.3) is 5.91 Å². The van der Waals surface area contributed by atoms with Crippen LogP contribution >= 0.6 is 0 Å². The molecule has 0 aliphatic rings. The molecule has 1 aromatic heterocycles. The number of carbonyl (C=O) groups excluding carboxylic acids is 1. The van der Waals surface area contributed by atoms with Crippen LogP contribution < -0.4 is 10.1 Å². The first-order valence-corrected chi connectivity index (χ1v) is 8.25. The van der Waals surface area contributed by atoms with Gasteiger partial charge in [-0.1, -0.05) is 38.8 Å². The lowest BCUT2D eigenvalue weighted by Crippen LogP contribution is -2.36. The molecule has 0 fully saturated rings. The Morgan fingerprint density at radius 3 is 2.71 bits per heavy atom. The molecule has 1 heterocycles. The highest BCUT2D eigenvalue weighted by Gasteiger charge is 2.18. The van der Waals surface area contributed by atoms with Crippen molar-refractivity contribution in [1.82, 2.24) is 15.5 Å². The van der Waals surface area contributed by atoms with E-state index in [1.807, 2.05) is 38.1 Å². The van der Waals surface area contributed by atoms with Crippen molar-refractivity contribution in [2.45, 2.75) is 32.8 Å². The summed E-state index contributed by atoms with van der Waals surface area (Å²) >= 11 is 0. The van der Waals surface area contributed by atoms with E-state index >= 15 is 0 Å². The van der Waals surface area contributed by atoms with Crippen molar-refractivity contribution in [2.24, 2.45) is 5.92 Å². The zero-order valence-corrected chi connectivity index (χ0v) is 14.4. The number of methoxy groups -OCH3 is 1. The van der Waals surface area contributed by atoms with Crippen LogP contribution in [-0.2, 0) is 0 Å². The molecule has 1 unspecified atom stereocenters. The van der Waals surface area contributed by atoms with Crippen LogP contribution in [-0.4, -0.2) is 41.0 Å². The van der Waals surface area contributed by atoms with Gasteiger partial charge in [0, 0.05) is 12.1 Å². The highest BCUT2D eigenvalue weighted by molar-refractivity contribution is 5.93. The maximum absolute atomic E-state index is 12.2. The van der Waals surface area contributed by atoms with E-state index in [1.54, 1.807) is 13.2 Å². The fraction of sp³-hybridized carbons (Fsp3) is 0.444. The van der Waals surface area contributed by atoms with Gasteiger partial charge >= 0.3 is 0 Å². The number of aromatic amines is 1. The van der Waals surface area contributed by atoms with Crippen molar-refractivity contribution in [1.29, 1.82) is 0 Å². The third kappa shape index (κ3) is 4.14. The minimum atomic E-state index is -0.541. The number of hydrogen-bond acceptors (Lipinski definition) is 4. The average Bonchev–Trinajstić information content (AvgIpc) is 3.10. The Labute approximate surface area is 142 Å². The van der Waals surface area contributed by atoms with Crippen molar-refractivity contribution in [2.75, 3.05) is 13.7 Å². The Bertz CT molecular complexity index is 665. The van der Waals surface area contributed by atoms with Gasteiger partial charge in [0.15, 0.2) is 0 Å². The summed E-state index contributed by atoms with van der Waals surface area (Å²) in [6, 6.07) is 9.17. The Morgan fingerprint density at radius 2 is 2.04 bits per heavy atom. The highest BCUT2D eigenvalue weighted by Crippen LogP contribution is 2.28. The van der Waals surface area contributed by atoms with Gasteiger partial charge < -0.3 is 15.2 Å². The predicted octanol–water partition coefficient (Wildman–Crippen LogP) is 2.61. The summed E-state index contributed by atoms with van der Waals surface area (Å²) in [6.45, 7) is 4.30. The van der Waals surface area contributed by atoms with Gasteiger partial charge in [-0.15, -0.1) is 0 Å². The molecule has 1 aromatic carbocycles. The molecule has 6 heteroatoms. The third-order valence-electron chi connectivity index (χ3n) is 4.27. The molecule has 6 nitrogen and oxygen atoms in total. The second-order valence-corrected chi connectivity index (χ2v) is 5.72. The average molecular weight is 331 g/mol.